The van der Waals surface area contributed by atoms with Crippen molar-refractivity contribution in [3.8, 4) is 0 Å². The number of nitrogens with one attached hydrogen (secondary N) is 1. The zero-order valence-corrected chi connectivity index (χ0v) is 10.1. The van der Waals surface area contributed by atoms with Crippen molar-refractivity contribution < 1.29 is 14.3 Å². The van der Waals surface area contributed by atoms with Crippen molar-refractivity contribution in [2.24, 2.45) is 7.05 Å². The second kappa shape index (κ2) is 6.87. The summed E-state index contributed by atoms with van der Waals surface area (Å²) in [6.45, 7) is 1.93. The van der Waals surface area contributed by atoms with Gasteiger partial charge in [0.1, 0.15) is 11.4 Å². The number of hydrogen-bond acceptors (Lipinski definition) is 5. The molecule has 1 aromatic heterocycles. The van der Waals surface area contributed by atoms with Gasteiger partial charge in [0.25, 0.3) is 5.91 Å². The zero-order valence-electron chi connectivity index (χ0n) is 10.1. The second-order valence-corrected chi connectivity index (χ2v) is 3.43. The van der Waals surface area contributed by atoms with Crippen LogP contribution in [0.1, 0.15) is 10.4 Å². The van der Waals surface area contributed by atoms with Crippen LogP contribution in [0.3, 0.4) is 0 Å². The summed E-state index contributed by atoms with van der Waals surface area (Å²) in [5, 5.41) is 6.58. The molecule has 0 fully saturated rings. The lowest BCUT2D eigenvalue weighted by atomic mass is 10.3. The summed E-state index contributed by atoms with van der Waals surface area (Å²) in [7, 11) is 3.29. The third kappa shape index (κ3) is 4.04. The van der Waals surface area contributed by atoms with Crippen LogP contribution in [0.5, 0.6) is 0 Å². The fraction of sp³-hybridized carbons (Fsp3) is 0.600. The average molecular weight is 242 g/mol. The third-order valence-corrected chi connectivity index (χ3v) is 2.19. The highest BCUT2D eigenvalue weighted by Crippen LogP contribution is 2.08. The van der Waals surface area contributed by atoms with Gasteiger partial charge in [0, 0.05) is 20.7 Å². The second-order valence-electron chi connectivity index (χ2n) is 3.43. The van der Waals surface area contributed by atoms with Crippen molar-refractivity contribution in [2.75, 3.05) is 39.2 Å². The van der Waals surface area contributed by atoms with Crippen LogP contribution in [0, 0.1) is 0 Å². The maximum absolute atomic E-state index is 11.6. The van der Waals surface area contributed by atoms with Gasteiger partial charge in [-0.15, -0.1) is 0 Å². The molecule has 0 saturated carbocycles. The first-order valence-electron chi connectivity index (χ1n) is 5.29. The van der Waals surface area contributed by atoms with Crippen molar-refractivity contribution in [2.45, 2.75) is 0 Å². The Morgan fingerprint density at radius 3 is 2.88 bits per heavy atom. The largest absolute Gasteiger partial charge is 0.383 e. The first kappa shape index (κ1) is 13.5. The van der Waals surface area contributed by atoms with Crippen LogP contribution in [-0.2, 0) is 16.5 Å². The first-order valence-corrected chi connectivity index (χ1v) is 5.29. The van der Waals surface area contributed by atoms with Gasteiger partial charge in [-0.2, -0.15) is 5.10 Å². The summed E-state index contributed by atoms with van der Waals surface area (Å²) < 4.78 is 11.5. The molecular weight excluding hydrogens is 224 g/mol. The molecule has 0 saturated heterocycles. The minimum atomic E-state index is -0.244. The summed E-state index contributed by atoms with van der Waals surface area (Å²) in [6, 6.07) is 0. The molecule has 0 aliphatic rings. The molecule has 17 heavy (non-hydrogen) atoms. The van der Waals surface area contributed by atoms with Gasteiger partial charge in [-0.1, -0.05) is 0 Å². The number of methoxy groups -OCH3 is 1. The minimum Gasteiger partial charge on any atom is -0.383 e. The number of nitrogens with zero attached hydrogens (tertiary/aromatic N) is 2. The highest BCUT2D eigenvalue weighted by Gasteiger charge is 2.12. The number of nitrogens with two attached hydrogens (primary N) is 1. The van der Waals surface area contributed by atoms with Crippen LogP contribution >= 0.6 is 0 Å². The van der Waals surface area contributed by atoms with E-state index in [4.69, 9.17) is 15.2 Å². The van der Waals surface area contributed by atoms with Gasteiger partial charge in [0.15, 0.2) is 0 Å². The van der Waals surface area contributed by atoms with Crippen molar-refractivity contribution >= 4 is 11.7 Å². The molecule has 0 aliphatic carbocycles. The van der Waals surface area contributed by atoms with Crippen LogP contribution < -0.4 is 11.1 Å². The van der Waals surface area contributed by atoms with Crippen LogP contribution in [0.25, 0.3) is 0 Å². The van der Waals surface area contributed by atoms with E-state index in [1.807, 2.05) is 0 Å². The van der Waals surface area contributed by atoms with E-state index in [1.165, 1.54) is 10.9 Å². The molecule has 1 heterocycles. The van der Waals surface area contributed by atoms with E-state index in [0.29, 0.717) is 37.7 Å². The Balaban J connectivity index is 2.24. The molecule has 7 heteroatoms. The quantitative estimate of drug-likeness (QED) is 0.623. The van der Waals surface area contributed by atoms with Crippen LogP contribution in [-0.4, -0.2) is 49.2 Å². The number of rotatable bonds is 7. The number of aryl methyl sites for hydroxylation is 1. The van der Waals surface area contributed by atoms with Gasteiger partial charge in [0.05, 0.1) is 26.0 Å². The normalized spacial score (nSPS) is 10.5. The molecule has 96 valence electrons. The van der Waals surface area contributed by atoms with Gasteiger partial charge in [-0.25, -0.2) is 0 Å². The molecule has 7 nitrogen and oxygen atoms in total. The van der Waals surface area contributed by atoms with E-state index >= 15 is 0 Å². The van der Waals surface area contributed by atoms with Crippen molar-refractivity contribution in [1.29, 1.82) is 0 Å². The molecule has 0 bridgehead atoms. The number of amides is 1. The molecule has 3 N–H and O–H groups in total. The standard InChI is InChI=1S/C10H18N4O3/c1-14-9(11)8(7-13-14)10(15)12-3-4-17-6-5-16-2/h7H,3-6,11H2,1-2H3,(H,12,15). The molecule has 0 radical (unpaired) electrons. The summed E-state index contributed by atoms with van der Waals surface area (Å²) in [4.78, 5) is 11.6. The topological polar surface area (TPSA) is 91.4 Å². The number of carbonyl (C=O) groups is 1. The van der Waals surface area contributed by atoms with E-state index in [2.05, 4.69) is 10.4 Å². The van der Waals surface area contributed by atoms with Crippen LogP contribution in [0.15, 0.2) is 6.20 Å². The Labute approximate surface area is 99.9 Å². The van der Waals surface area contributed by atoms with E-state index in [9.17, 15) is 4.79 Å². The number of nitrogen functional groups attached to an aromatic ring is 1. The highest BCUT2D eigenvalue weighted by molar-refractivity contribution is 5.98. The van der Waals surface area contributed by atoms with Crippen molar-refractivity contribution in [3.63, 3.8) is 0 Å². The van der Waals surface area contributed by atoms with Crippen molar-refractivity contribution in [3.05, 3.63) is 11.8 Å². The highest BCUT2D eigenvalue weighted by atomic mass is 16.5. The van der Waals surface area contributed by atoms with E-state index in [0.717, 1.165) is 0 Å². The molecule has 1 amide bonds. The number of hydrogen-bond donors (Lipinski definition) is 2. The lowest BCUT2D eigenvalue weighted by Crippen LogP contribution is -2.28. The lowest BCUT2D eigenvalue weighted by molar-refractivity contribution is 0.0693. The SMILES string of the molecule is COCCOCCNC(=O)c1cnn(C)c1N. The number of ether oxygens (including phenoxy) is 2. The molecule has 1 aromatic rings. The number of anilines is 1. The Kier molecular flexibility index (Phi) is 5.44. The average Bonchev–Trinajstić information content (AvgIpc) is 2.64. The number of aromatic nitrogens is 2. The first-order chi connectivity index (χ1) is 8.16. The molecule has 0 atom stereocenters. The third-order valence-electron chi connectivity index (χ3n) is 2.19. The van der Waals surface area contributed by atoms with E-state index < -0.39 is 0 Å². The summed E-state index contributed by atoms with van der Waals surface area (Å²) in [6.07, 6.45) is 1.44. The van der Waals surface area contributed by atoms with Crippen LogP contribution in [0.2, 0.25) is 0 Å². The van der Waals surface area contributed by atoms with Gasteiger partial charge in [-0.3, -0.25) is 9.48 Å². The predicted molar refractivity (Wildman–Crippen MR) is 62.6 cm³/mol. The van der Waals surface area contributed by atoms with Gasteiger partial charge >= 0.3 is 0 Å². The Morgan fingerprint density at radius 1 is 1.53 bits per heavy atom. The maximum Gasteiger partial charge on any atom is 0.256 e. The molecule has 0 aliphatic heterocycles. The zero-order chi connectivity index (χ0) is 12.7. The Bertz CT molecular complexity index is 364. The Hall–Kier alpha value is -1.60. The summed E-state index contributed by atoms with van der Waals surface area (Å²) in [5.41, 5.74) is 6.04. The minimum absolute atomic E-state index is 0.244. The lowest BCUT2D eigenvalue weighted by Gasteiger charge is -2.05. The Morgan fingerprint density at radius 2 is 2.29 bits per heavy atom. The van der Waals surface area contributed by atoms with Crippen molar-refractivity contribution in [1.82, 2.24) is 15.1 Å². The fourth-order valence-electron chi connectivity index (χ4n) is 1.20. The molecule has 1 rings (SSSR count). The van der Waals surface area contributed by atoms with Gasteiger partial charge in [-0.05, 0) is 0 Å². The summed E-state index contributed by atoms with van der Waals surface area (Å²) in [5.74, 6) is 0.105. The van der Waals surface area contributed by atoms with E-state index in [1.54, 1.807) is 14.2 Å². The van der Waals surface area contributed by atoms with Crippen LogP contribution in [0.4, 0.5) is 5.82 Å². The fourth-order valence-corrected chi connectivity index (χ4v) is 1.20. The summed E-state index contributed by atoms with van der Waals surface area (Å²) >= 11 is 0. The molecule has 0 unspecified atom stereocenters. The van der Waals surface area contributed by atoms with E-state index in [-0.39, 0.29) is 5.91 Å². The van der Waals surface area contributed by atoms with Gasteiger partial charge in [0.2, 0.25) is 0 Å². The smallest absolute Gasteiger partial charge is 0.256 e. The number of carbonyl (C=O) groups excluding carboxylic acids is 1. The van der Waals surface area contributed by atoms with Gasteiger partial charge < -0.3 is 20.5 Å². The predicted octanol–water partition coefficient (Wildman–Crippen LogP) is -0.605. The monoisotopic (exact) mass is 242 g/mol. The maximum atomic E-state index is 11.6. The molecule has 0 aromatic carbocycles. The molecular formula is C10H18N4O3. The molecule has 0 spiro atoms.